The first-order valence-electron chi connectivity index (χ1n) is 6.16. The van der Waals surface area contributed by atoms with Gasteiger partial charge in [-0.3, -0.25) is 4.98 Å². The number of nitrogens with one attached hydrogen (secondary N) is 1. The van der Waals surface area contributed by atoms with Gasteiger partial charge in [0.05, 0.1) is 13.2 Å². The lowest BCUT2D eigenvalue weighted by Gasteiger charge is -2.29. The predicted molar refractivity (Wildman–Crippen MR) is 72.4 cm³/mol. The summed E-state index contributed by atoms with van der Waals surface area (Å²) < 4.78 is 20.8. The highest BCUT2D eigenvalue weighted by Crippen LogP contribution is 2.23. The molecular formula is C13H18BrFN2O. The first-order chi connectivity index (χ1) is 8.55. The molecule has 0 aromatic carbocycles. The monoisotopic (exact) mass is 316 g/mol. The number of ether oxygens (including phenoxy) is 1. The summed E-state index contributed by atoms with van der Waals surface area (Å²) in [6.45, 7) is 3.74. The van der Waals surface area contributed by atoms with Gasteiger partial charge in [-0.2, -0.15) is 0 Å². The van der Waals surface area contributed by atoms with E-state index in [1.165, 1.54) is 0 Å². The molecule has 1 aromatic rings. The van der Waals surface area contributed by atoms with Gasteiger partial charge >= 0.3 is 0 Å². The number of alkyl halides is 1. The number of nitrogens with zero attached hydrogens (tertiary/aromatic N) is 1. The molecule has 18 heavy (non-hydrogen) atoms. The number of aromatic nitrogens is 1. The average Bonchev–Trinajstić information content (AvgIpc) is 2.32. The fourth-order valence-corrected chi connectivity index (χ4v) is 2.46. The van der Waals surface area contributed by atoms with E-state index in [0.717, 1.165) is 16.7 Å². The third-order valence-electron chi connectivity index (χ3n) is 3.01. The van der Waals surface area contributed by atoms with E-state index in [1.807, 2.05) is 12.1 Å². The zero-order valence-electron chi connectivity index (χ0n) is 10.5. The fourth-order valence-electron chi connectivity index (χ4n) is 2.23. The highest BCUT2D eigenvalue weighted by molar-refractivity contribution is 9.10. The number of morpholine rings is 1. The van der Waals surface area contributed by atoms with E-state index >= 15 is 0 Å². The van der Waals surface area contributed by atoms with Crippen LogP contribution in [0.3, 0.4) is 0 Å². The first-order valence-corrected chi connectivity index (χ1v) is 6.95. The van der Waals surface area contributed by atoms with Crippen LogP contribution in [0.4, 0.5) is 4.39 Å². The van der Waals surface area contributed by atoms with Crippen LogP contribution < -0.4 is 5.32 Å². The maximum Gasteiger partial charge on any atom is 0.115 e. The van der Waals surface area contributed by atoms with Crippen molar-refractivity contribution in [3.05, 3.63) is 28.5 Å². The van der Waals surface area contributed by atoms with E-state index in [1.54, 1.807) is 13.1 Å². The molecule has 2 rings (SSSR count). The second-order valence-corrected chi connectivity index (χ2v) is 5.90. The molecule has 0 amide bonds. The molecule has 1 fully saturated rings. The van der Waals surface area contributed by atoms with Gasteiger partial charge in [0.2, 0.25) is 0 Å². The molecule has 1 N–H and O–H groups in total. The van der Waals surface area contributed by atoms with E-state index in [9.17, 15) is 4.39 Å². The smallest absolute Gasteiger partial charge is 0.115 e. The zero-order valence-corrected chi connectivity index (χ0v) is 12.0. The lowest BCUT2D eigenvalue weighted by Crippen LogP contribution is -2.45. The zero-order chi connectivity index (χ0) is 13.0. The number of hydrogen-bond donors (Lipinski definition) is 1. The highest BCUT2D eigenvalue weighted by atomic mass is 79.9. The summed E-state index contributed by atoms with van der Waals surface area (Å²) in [5.74, 6) is 0. The molecule has 0 saturated carbocycles. The van der Waals surface area contributed by atoms with E-state index < -0.39 is 5.67 Å². The molecule has 2 atom stereocenters. The van der Waals surface area contributed by atoms with Gasteiger partial charge in [-0.1, -0.05) is 0 Å². The molecule has 1 saturated heterocycles. The maximum atomic E-state index is 14.5. The van der Waals surface area contributed by atoms with Gasteiger partial charge in [-0.25, -0.2) is 4.39 Å². The molecular weight excluding hydrogens is 299 g/mol. The van der Waals surface area contributed by atoms with Crippen molar-refractivity contribution >= 4 is 15.9 Å². The molecule has 1 aliphatic heterocycles. The number of hydrogen-bond acceptors (Lipinski definition) is 3. The van der Waals surface area contributed by atoms with Crippen molar-refractivity contribution in [2.75, 3.05) is 19.8 Å². The summed E-state index contributed by atoms with van der Waals surface area (Å²) in [6, 6.07) is 3.84. The molecule has 100 valence electrons. The van der Waals surface area contributed by atoms with Crippen molar-refractivity contribution in [1.82, 2.24) is 10.3 Å². The summed E-state index contributed by atoms with van der Waals surface area (Å²) in [4.78, 5) is 4.22. The van der Waals surface area contributed by atoms with Gasteiger partial charge in [0.25, 0.3) is 0 Å². The third-order valence-corrected chi connectivity index (χ3v) is 3.48. The van der Waals surface area contributed by atoms with Gasteiger partial charge in [0.15, 0.2) is 0 Å². The Hall–Kier alpha value is -0.520. The normalized spacial score (nSPS) is 23.6. The summed E-state index contributed by atoms with van der Waals surface area (Å²) >= 11 is 3.32. The number of halogens is 2. The van der Waals surface area contributed by atoms with Crippen molar-refractivity contribution in [2.45, 2.75) is 31.5 Å². The molecule has 3 nitrogen and oxygen atoms in total. The summed E-state index contributed by atoms with van der Waals surface area (Å²) in [5.41, 5.74) is -0.487. The fraction of sp³-hybridized carbons (Fsp3) is 0.615. The van der Waals surface area contributed by atoms with Crippen molar-refractivity contribution in [3.8, 4) is 0 Å². The van der Waals surface area contributed by atoms with Crippen LogP contribution in [0.2, 0.25) is 0 Å². The largest absolute Gasteiger partial charge is 0.379 e. The van der Waals surface area contributed by atoms with E-state index in [0.29, 0.717) is 26.1 Å². The predicted octanol–water partition coefficient (Wildman–Crippen LogP) is 2.49. The van der Waals surface area contributed by atoms with Gasteiger partial charge in [0.1, 0.15) is 5.67 Å². The lowest BCUT2D eigenvalue weighted by atomic mass is 9.93. The van der Waals surface area contributed by atoms with Crippen molar-refractivity contribution in [3.63, 3.8) is 0 Å². The van der Waals surface area contributed by atoms with Crippen molar-refractivity contribution in [1.29, 1.82) is 0 Å². The molecule has 2 heterocycles. The van der Waals surface area contributed by atoms with Gasteiger partial charge in [0, 0.05) is 35.4 Å². The van der Waals surface area contributed by atoms with Crippen LogP contribution >= 0.6 is 15.9 Å². The van der Waals surface area contributed by atoms with Crippen LogP contribution in [0.25, 0.3) is 0 Å². The Morgan fingerprint density at radius 1 is 1.61 bits per heavy atom. The molecule has 2 unspecified atom stereocenters. The number of rotatable bonds is 4. The Kier molecular flexibility index (Phi) is 4.70. The molecule has 1 aromatic heterocycles. The standard InChI is InChI=1S/C13H18BrFN2O/c1-13(15,7-12-9-18-5-4-16-12)6-11-3-2-10(14)8-17-11/h2-3,8,12,16H,4-7,9H2,1H3. The second-order valence-electron chi connectivity index (χ2n) is 4.99. The van der Waals surface area contributed by atoms with Crippen LogP contribution in [-0.2, 0) is 11.2 Å². The quantitative estimate of drug-likeness (QED) is 0.926. The molecule has 5 heteroatoms. The van der Waals surface area contributed by atoms with Gasteiger partial charge < -0.3 is 10.1 Å². The topological polar surface area (TPSA) is 34.1 Å². The maximum absolute atomic E-state index is 14.5. The molecule has 0 spiro atoms. The van der Waals surface area contributed by atoms with Crippen molar-refractivity contribution in [2.24, 2.45) is 0 Å². The molecule has 0 radical (unpaired) electrons. The lowest BCUT2D eigenvalue weighted by molar-refractivity contribution is 0.0481. The van der Waals surface area contributed by atoms with E-state index in [-0.39, 0.29) is 6.04 Å². The molecule has 0 aliphatic carbocycles. The Morgan fingerprint density at radius 2 is 2.44 bits per heavy atom. The Bertz CT molecular complexity index is 377. The Balaban J connectivity index is 1.91. The molecule has 1 aliphatic rings. The van der Waals surface area contributed by atoms with Crippen LogP contribution in [0.15, 0.2) is 22.8 Å². The Labute approximate surface area is 115 Å². The minimum absolute atomic E-state index is 0.101. The van der Waals surface area contributed by atoms with Gasteiger partial charge in [-0.05, 0) is 41.4 Å². The van der Waals surface area contributed by atoms with Crippen molar-refractivity contribution < 1.29 is 9.13 Å². The van der Waals surface area contributed by atoms with Crippen LogP contribution in [0.1, 0.15) is 19.0 Å². The van der Waals surface area contributed by atoms with Crippen LogP contribution in [0, 0.1) is 0 Å². The van der Waals surface area contributed by atoms with E-state index in [2.05, 4.69) is 26.2 Å². The summed E-state index contributed by atoms with van der Waals surface area (Å²) in [5, 5.41) is 3.28. The average molecular weight is 317 g/mol. The van der Waals surface area contributed by atoms with Crippen LogP contribution in [-0.4, -0.2) is 36.5 Å². The van der Waals surface area contributed by atoms with E-state index in [4.69, 9.17) is 4.74 Å². The minimum atomic E-state index is -1.26. The highest BCUT2D eigenvalue weighted by Gasteiger charge is 2.29. The summed E-state index contributed by atoms with van der Waals surface area (Å²) in [6.07, 6.45) is 2.48. The third kappa shape index (κ3) is 4.30. The Morgan fingerprint density at radius 3 is 3.06 bits per heavy atom. The molecule has 0 bridgehead atoms. The van der Waals surface area contributed by atoms with Crippen LogP contribution in [0.5, 0.6) is 0 Å². The summed E-state index contributed by atoms with van der Waals surface area (Å²) in [7, 11) is 0. The second kappa shape index (κ2) is 6.08. The first kappa shape index (κ1) is 13.9. The SMILES string of the molecule is CC(F)(Cc1ccc(Br)cn1)CC1COCCN1. The minimum Gasteiger partial charge on any atom is -0.379 e. The van der Waals surface area contributed by atoms with Gasteiger partial charge in [-0.15, -0.1) is 0 Å². The number of pyridine rings is 1.